The molecule has 0 atom stereocenters. The van der Waals surface area contributed by atoms with Gasteiger partial charge < -0.3 is 14.5 Å². The van der Waals surface area contributed by atoms with Gasteiger partial charge in [-0.15, -0.1) is 0 Å². The van der Waals surface area contributed by atoms with E-state index in [9.17, 15) is 13.2 Å². The van der Waals surface area contributed by atoms with Crippen LogP contribution in [0.3, 0.4) is 0 Å². The zero-order valence-corrected chi connectivity index (χ0v) is 15.2. The van der Waals surface area contributed by atoms with E-state index in [0.29, 0.717) is 45.0 Å². The van der Waals surface area contributed by atoms with E-state index >= 15 is 0 Å². The van der Waals surface area contributed by atoms with Crippen LogP contribution in [0.25, 0.3) is 0 Å². The number of pyridine rings is 1. The van der Waals surface area contributed by atoms with Gasteiger partial charge in [-0.3, -0.25) is 4.79 Å². The fraction of sp³-hybridized carbons (Fsp3) is 0.625. The third-order valence-electron chi connectivity index (χ3n) is 4.49. The number of piperidine rings is 1. The van der Waals surface area contributed by atoms with Gasteiger partial charge in [-0.2, -0.15) is 0 Å². The molecule has 3 heterocycles. The number of hydrogen-bond acceptors (Lipinski definition) is 6. The summed E-state index contributed by atoms with van der Waals surface area (Å²) in [4.78, 5) is 20.9. The second kappa shape index (κ2) is 7.67. The molecule has 0 aromatic carbocycles. The number of ether oxygens (including phenoxy) is 1. The standard InChI is InChI=1S/C16H24N4O4S/c1-25(22,23)18-14-3-6-19(7-4-14)15-12-13(2-5-17-15)16(21)20-8-10-24-11-9-20/h2,5,12,14,18H,3-4,6-11H2,1H3. The topological polar surface area (TPSA) is 91.8 Å². The summed E-state index contributed by atoms with van der Waals surface area (Å²) in [7, 11) is -3.18. The summed E-state index contributed by atoms with van der Waals surface area (Å²) >= 11 is 0. The Kier molecular flexibility index (Phi) is 5.55. The highest BCUT2D eigenvalue weighted by molar-refractivity contribution is 7.88. The van der Waals surface area contributed by atoms with Crippen molar-refractivity contribution in [2.24, 2.45) is 0 Å². The lowest BCUT2D eigenvalue weighted by Crippen LogP contribution is -2.44. The van der Waals surface area contributed by atoms with Crippen molar-refractivity contribution in [2.45, 2.75) is 18.9 Å². The number of carbonyl (C=O) groups is 1. The van der Waals surface area contributed by atoms with Crippen LogP contribution in [0.15, 0.2) is 18.3 Å². The monoisotopic (exact) mass is 368 g/mol. The molecule has 25 heavy (non-hydrogen) atoms. The molecule has 3 rings (SSSR count). The average molecular weight is 368 g/mol. The summed E-state index contributed by atoms with van der Waals surface area (Å²) in [5.41, 5.74) is 0.628. The molecular formula is C16H24N4O4S. The molecule has 2 saturated heterocycles. The van der Waals surface area contributed by atoms with E-state index in [2.05, 4.69) is 14.6 Å². The lowest BCUT2D eigenvalue weighted by atomic mass is 10.1. The van der Waals surface area contributed by atoms with Gasteiger partial charge in [0.1, 0.15) is 5.82 Å². The van der Waals surface area contributed by atoms with Gasteiger partial charge in [-0.1, -0.05) is 0 Å². The van der Waals surface area contributed by atoms with Crippen molar-refractivity contribution < 1.29 is 17.9 Å². The molecular weight excluding hydrogens is 344 g/mol. The van der Waals surface area contributed by atoms with Crippen molar-refractivity contribution in [1.82, 2.24) is 14.6 Å². The lowest BCUT2D eigenvalue weighted by Gasteiger charge is -2.33. The molecule has 2 aliphatic rings. The van der Waals surface area contributed by atoms with E-state index in [-0.39, 0.29) is 11.9 Å². The molecule has 2 fully saturated rings. The zero-order valence-electron chi connectivity index (χ0n) is 14.3. The summed E-state index contributed by atoms with van der Waals surface area (Å²) in [6, 6.07) is 3.52. The van der Waals surface area contributed by atoms with E-state index in [4.69, 9.17) is 4.74 Å². The molecule has 1 aromatic heterocycles. The molecule has 138 valence electrons. The van der Waals surface area contributed by atoms with Crippen LogP contribution in [0.4, 0.5) is 5.82 Å². The van der Waals surface area contributed by atoms with Gasteiger partial charge in [-0.05, 0) is 25.0 Å². The molecule has 0 saturated carbocycles. The molecule has 0 spiro atoms. The first-order valence-electron chi connectivity index (χ1n) is 8.48. The molecule has 2 aliphatic heterocycles. The molecule has 0 unspecified atom stereocenters. The van der Waals surface area contributed by atoms with Crippen LogP contribution < -0.4 is 9.62 Å². The van der Waals surface area contributed by atoms with Gasteiger partial charge in [-0.25, -0.2) is 18.1 Å². The maximum atomic E-state index is 12.6. The summed E-state index contributed by atoms with van der Waals surface area (Å²) in [6.45, 7) is 3.78. The smallest absolute Gasteiger partial charge is 0.254 e. The predicted octanol–water partition coefficient (Wildman–Crippen LogP) is 0.0720. The molecule has 0 aliphatic carbocycles. The van der Waals surface area contributed by atoms with Crippen LogP contribution in [-0.4, -0.2) is 75.9 Å². The Morgan fingerprint density at radius 1 is 1.24 bits per heavy atom. The highest BCUT2D eigenvalue weighted by Gasteiger charge is 2.24. The fourth-order valence-electron chi connectivity index (χ4n) is 3.20. The van der Waals surface area contributed by atoms with Crippen molar-refractivity contribution in [1.29, 1.82) is 0 Å². The number of morpholine rings is 1. The minimum absolute atomic E-state index is 0.000536. The van der Waals surface area contributed by atoms with Gasteiger partial charge in [0.25, 0.3) is 5.91 Å². The molecule has 8 nitrogen and oxygen atoms in total. The first-order chi connectivity index (χ1) is 11.9. The number of anilines is 1. The molecule has 1 N–H and O–H groups in total. The van der Waals surface area contributed by atoms with Gasteiger partial charge in [0.15, 0.2) is 0 Å². The number of carbonyl (C=O) groups excluding carboxylic acids is 1. The third-order valence-corrected chi connectivity index (χ3v) is 5.25. The summed E-state index contributed by atoms with van der Waals surface area (Å²) in [6.07, 6.45) is 4.28. The number of hydrogen-bond donors (Lipinski definition) is 1. The van der Waals surface area contributed by atoms with Crippen molar-refractivity contribution in [3.05, 3.63) is 23.9 Å². The number of nitrogens with zero attached hydrogens (tertiary/aromatic N) is 3. The van der Waals surface area contributed by atoms with E-state index in [1.165, 1.54) is 6.26 Å². The van der Waals surface area contributed by atoms with Gasteiger partial charge in [0.05, 0.1) is 19.5 Å². The van der Waals surface area contributed by atoms with Crippen molar-refractivity contribution >= 4 is 21.7 Å². The van der Waals surface area contributed by atoms with Crippen LogP contribution in [-0.2, 0) is 14.8 Å². The van der Waals surface area contributed by atoms with Gasteiger partial charge in [0, 0.05) is 44.0 Å². The Balaban J connectivity index is 1.63. The van der Waals surface area contributed by atoms with E-state index < -0.39 is 10.0 Å². The minimum Gasteiger partial charge on any atom is -0.378 e. The molecule has 9 heteroatoms. The Bertz CT molecular complexity index is 711. The quantitative estimate of drug-likeness (QED) is 0.809. The van der Waals surface area contributed by atoms with Crippen LogP contribution >= 0.6 is 0 Å². The average Bonchev–Trinajstić information content (AvgIpc) is 2.61. The molecule has 0 radical (unpaired) electrons. The van der Waals surface area contributed by atoms with Gasteiger partial charge in [0.2, 0.25) is 10.0 Å². The SMILES string of the molecule is CS(=O)(=O)NC1CCN(c2cc(C(=O)N3CCOCC3)ccn2)CC1. The number of aromatic nitrogens is 1. The fourth-order valence-corrected chi connectivity index (χ4v) is 4.04. The number of amides is 1. The van der Waals surface area contributed by atoms with Crippen LogP contribution in [0.5, 0.6) is 0 Å². The number of rotatable bonds is 4. The number of nitrogens with one attached hydrogen (secondary N) is 1. The maximum Gasteiger partial charge on any atom is 0.254 e. The van der Waals surface area contributed by atoms with Crippen LogP contribution in [0, 0.1) is 0 Å². The third kappa shape index (κ3) is 4.90. The maximum absolute atomic E-state index is 12.6. The molecule has 0 bridgehead atoms. The molecule has 1 amide bonds. The van der Waals surface area contributed by atoms with E-state index in [1.807, 2.05) is 6.07 Å². The Morgan fingerprint density at radius 3 is 2.56 bits per heavy atom. The minimum atomic E-state index is -3.18. The highest BCUT2D eigenvalue weighted by atomic mass is 32.2. The Labute approximate surface area is 148 Å². The summed E-state index contributed by atoms with van der Waals surface area (Å²) in [5, 5.41) is 0. The summed E-state index contributed by atoms with van der Waals surface area (Å²) < 4.78 is 30.6. The Morgan fingerprint density at radius 2 is 1.92 bits per heavy atom. The van der Waals surface area contributed by atoms with Crippen molar-refractivity contribution in [3.63, 3.8) is 0 Å². The Hall–Kier alpha value is -1.71. The van der Waals surface area contributed by atoms with Crippen molar-refractivity contribution in [2.75, 3.05) is 50.5 Å². The highest BCUT2D eigenvalue weighted by Crippen LogP contribution is 2.20. The van der Waals surface area contributed by atoms with E-state index in [1.54, 1.807) is 17.2 Å². The van der Waals surface area contributed by atoms with Gasteiger partial charge >= 0.3 is 0 Å². The summed E-state index contributed by atoms with van der Waals surface area (Å²) in [5.74, 6) is 0.762. The van der Waals surface area contributed by atoms with Crippen LogP contribution in [0.1, 0.15) is 23.2 Å². The predicted molar refractivity (Wildman–Crippen MR) is 94.2 cm³/mol. The first kappa shape index (κ1) is 18.1. The second-order valence-electron chi connectivity index (χ2n) is 6.46. The normalized spacial score (nSPS) is 19.9. The lowest BCUT2D eigenvalue weighted by molar-refractivity contribution is 0.0303. The largest absolute Gasteiger partial charge is 0.378 e. The molecule has 1 aromatic rings. The van der Waals surface area contributed by atoms with Crippen LogP contribution in [0.2, 0.25) is 0 Å². The van der Waals surface area contributed by atoms with E-state index in [0.717, 1.165) is 18.7 Å². The second-order valence-corrected chi connectivity index (χ2v) is 8.24. The number of sulfonamides is 1. The van der Waals surface area contributed by atoms with Crippen molar-refractivity contribution in [3.8, 4) is 0 Å². The first-order valence-corrected chi connectivity index (χ1v) is 10.4. The zero-order chi connectivity index (χ0) is 17.9.